The number of nitrogens with zero attached hydrogens (tertiary/aromatic N) is 1. The molecule has 0 aliphatic carbocycles. The van der Waals surface area contributed by atoms with Gasteiger partial charge in [0.1, 0.15) is 12.4 Å². The minimum atomic E-state index is 0.222. The van der Waals surface area contributed by atoms with Crippen molar-refractivity contribution in [1.82, 2.24) is 10.6 Å². The van der Waals surface area contributed by atoms with Gasteiger partial charge < -0.3 is 24.8 Å². The van der Waals surface area contributed by atoms with Crippen molar-refractivity contribution in [3.63, 3.8) is 0 Å². The van der Waals surface area contributed by atoms with Crippen LogP contribution in [0.3, 0.4) is 0 Å². The van der Waals surface area contributed by atoms with Gasteiger partial charge in [0.25, 0.3) is 0 Å². The molecular weight excluding hydrogens is 378 g/mol. The molecule has 2 aromatic rings. The first kappa shape index (κ1) is 23.7. The van der Waals surface area contributed by atoms with Crippen LogP contribution >= 0.6 is 0 Å². The molecule has 0 radical (unpaired) electrons. The van der Waals surface area contributed by atoms with Crippen LogP contribution in [0.4, 0.5) is 0 Å². The minimum absolute atomic E-state index is 0.222. The third-order valence-corrected chi connectivity index (χ3v) is 4.47. The molecular formula is C24H35N3O3. The molecule has 0 saturated heterocycles. The van der Waals surface area contributed by atoms with Crippen molar-refractivity contribution >= 4 is 5.96 Å². The van der Waals surface area contributed by atoms with Crippen LogP contribution in [0.2, 0.25) is 0 Å². The summed E-state index contributed by atoms with van der Waals surface area (Å²) >= 11 is 0. The average molecular weight is 414 g/mol. The summed E-state index contributed by atoms with van der Waals surface area (Å²) in [6.45, 7) is 9.15. The second-order valence-electron chi connectivity index (χ2n) is 7.41. The highest BCUT2D eigenvalue weighted by Gasteiger charge is 2.07. The molecule has 6 heteroatoms. The number of nitrogens with one attached hydrogen (secondary N) is 2. The molecule has 2 N–H and O–H groups in total. The van der Waals surface area contributed by atoms with Gasteiger partial charge in [0.05, 0.1) is 19.3 Å². The zero-order chi connectivity index (χ0) is 21.8. The van der Waals surface area contributed by atoms with E-state index in [-0.39, 0.29) is 6.10 Å². The predicted octanol–water partition coefficient (Wildman–Crippen LogP) is 3.81. The second-order valence-corrected chi connectivity index (χ2v) is 7.41. The Morgan fingerprint density at radius 2 is 1.77 bits per heavy atom. The van der Waals surface area contributed by atoms with E-state index in [9.17, 15) is 0 Å². The Morgan fingerprint density at radius 3 is 2.50 bits per heavy atom. The van der Waals surface area contributed by atoms with Crippen LogP contribution in [0.25, 0.3) is 0 Å². The van der Waals surface area contributed by atoms with Crippen LogP contribution < -0.4 is 15.4 Å². The van der Waals surface area contributed by atoms with Gasteiger partial charge >= 0.3 is 0 Å². The quantitative estimate of drug-likeness (QED) is 0.333. The summed E-state index contributed by atoms with van der Waals surface area (Å²) < 4.78 is 16.6. The maximum absolute atomic E-state index is 5.87. The zero-order valence-corrected chi connectivity index (χ0v) is 18.8. The first-order valence-electron chi connectivity index (χ1n) is 10.4. The number of aryl methyl sites for hydroxylation is 1. The van der Waals surface area contributed by atoms with E-state index in [4.69, 9.17) is 14.2 Å². The molecule has 0 bridgehead atoms. The second kappa shape index (κ2) is 12.9. The first-order chi connectivity index (χ1) is 14.5. The third kappa shape index (κ3) is 8.43. The molecule has 0 aromatic heterocycles. The van der Waals surface area contributed by atoms with Crippen molar-refractivity contribution < 1.29 is 14.2 Å². The van der Waals surface area contributed by atoms with Crippen LogP contribution in [0, 0.1) is 6.92 Å². The molecule has 0 amide bonds. The van der Waals surface area contributed by atoms with Crippen molar-refractivity contribution in [2.75, 3.05) is 27.4 Å². The van der Waals surface area contributed by atoms with Crippen molar-refractivity contribution in [1.29, 1.82) is 0 Å². The lowest BCUT2D eigenvalue weighted by atomic mass is 10.1. The van der Waals surface area contributed by atoms with Gasteiger partial charge in [-0.15, -0.1) is 0 Å². The van der Waals surface area contributed by atoms with Crippen LogP contribution in [-0.4, -0.2) is 39.4 Å². The lowest BCUT2D eigenvalue weighted by Gasteiger charge is -2.16. The predicted molar refractivity (Wildman–Crippen MR) is 122 cm³/mol. The van der Waals surface area contributed by atoms with Gasteiger partial charge in [0.2, 0.25) is 0 Å². The summed E-state index contributed by atoms with van der Waals surface area (Å²) in [6, 6.07) is 14.6. The van der Waals surface area contributed by atoms with Crippen LogP contribution in [0.5, 0.6) is 5.75 Å². The molecule has 0 saturated carbocycles. The van der Waals surface area contributed by atoms with E-state index in [2.05, 4.69) is 58.9 Å². The van der Waals surface area contributed by atoms with Gasteiger partial charge in [0, 0.05) is 32.8 Å². The molecule has 164 valence electrons. The largest absolute Gasteiger partial charge is 0.491 e. The average Bonchev–Trinajstić information content (AvgIpc) is 2.74. The highest BCUT2D eigenvalue weighted by molar-refractivity contribution is 5.79. The lowest BCUT2D eigenvalue weighted by Crippen LogP contribution is -2.36. The molecule has 6 nitrogen and oxygen atoms in total. The van der Waals surface area contributed by atoms with Gasteiger partial charge in [-0.1, -0.05) is 36.4 Å². The summed E-state index contributed by atoms with van der Waals surface area (Å²) in [5, 5.41) is 6.73. The Bertz CT molecular complexity index is 806. The Hall–Kier alpha value is -2.57. The lowest BCUT2D eigenvalue weighted by molar-refractivity contribution is 0.0657. The number of aliphatic imine (C=N–C) groups is 1. The smallest absolute Gasteiger partial charge is 0.191 e. The van der Waals surface area contributed by atoms with E-state index < -0.39 is 0 Å². The third-order valence-electron chi connectivity index (χ3n) is 4.47. The minimum Gasteiger partial charge on any atom is -0.491 e. The molecule has 0 unspecified atom stereocenters. The normalized spacial score (nSPS) is 11.6. The Kier molecular flexibility index (Phi) is 10.2. The van der Waals surface area contributed by atoms with Gasteiger partial charge in [-0.25, -0.2) is 0 Å². The van der Waals surface area contributed by atoms with Crippen LogP contribution in [0.1, 0.15) is 36.1 Å². The number of hydrogen-bond donors (Lipinski definition) is 2. The highest BCUT2D eigenvalue weighted by atomic mass is 16.5. The zero-order valence-electron chi connectivity index (χ0n) is 18.8. The van der Waals surface area contributed by atoms with Gasteiger partial charge in [-0.05, 0) is 43.5 Å². The fraction of sp³-hybridized carbons (Fsp3) is 0.458. The van der Waals surface area contributed by atoms with Gasteiger partial charge in [0.15, 0.2) is 5.96 Å². The van der Waals surface area contributed by atoms with E-state index in [1.54, 1.807) is 14.2 Å². The summed E-state index contributed by atoms with van der Waals surface area (Å²) in [7, 11) is 3.44. The summed E-state index contributed by atoms with van der Waals surface area (Å²) in [5.41, 5.74) is 4.59. The monoisotopic (exact) mass is 413 g/mol. The van der Waals surface area contributed by atoms with E-state index in [1.165, 1.54) is 11.1 Å². The fourth-order valence-corrected chi connectivity index (χ4v) is 2.85. The summed E-state index contributed by atoms with van der Waals surface area (Å²) in [5.74, 6) is 1.61. The SMILES string of the molecule is CN=C(NCc1cccc(COC(C)C)c1)NCc1ccc(C)cc1OCCOC. The van der Waals surface area contributed by atoms with Crippen LogP contribution in [0.15, 0.2) is 47.5 Å². The van der Waals surface area contributed by atoms with Crippen LogP contribution in [-0.2, 0) is 29.2 Å². The number of rotatable bonds is 11. The molecule has 0 heterocycles. The Morgan fingerprint density at radius 1 is 1.00 bits per heavy atom. The number of guanidine groups is 1. The van der Waals surface area contributed by atoms with E-state index in [0.29, 0.717) is 32.9 Å². The van der Waals surface area contributed by atoms with E-state index in [0.717, 1.165) is 22.8 Å². The molecule has 0 aliphatic rings. The maximum atomic E-state index is 5.87. The molecule has 0 fully saturated rings. The molecule has 0 spiro atoms. The van der Waals surface area contributed by atoms with Gasteiger partial charge in [-0.3, -0.25) is 4.99 Å². The molecule has 0 atom stereocenters. The molecule has 2 rings (SSSR count). The standard InChI is InChI=1S/C24H35N3O3/c1-18(2)30-17-21-8-6-7-20(14-21)15-26-24(25-4)27-16-22-10-9-19(3)13-23(22)29-12-11-28-5/h6-10,13-14,18H,11-12,15-17H2,1-5H3,(H2,25,26,27). The number of benzene rings is 2. The Balaban J connectivity index is 1.90. The molecule has 0 aliphatic heterocycles. The van der Waals surface area contributed by atoms with Crippen molar-refractivity contribution in [2.24, 2.45) is 4.99 Å². The molecule has 2 aromatic carbocycles. The summed E-state index contributed by atoms with van der Waals surface area (Å²) in [4.78, 5) is 4.33. The fourth-order valence-electron chi connectivity index (χ4n) is 2.85. The topological polar surface area (TPSA) is 64.1 Å². The highest BCUT2D eigenvalue weighted by Crippen LogP contribution is 2.20. The van der Waals surface area contributed by atoms with Gasteiger partial charge in [-0.2, -0.15) is 0 Å². The Labute approximate surface area is 180 Å². The first-order valence-corrected chi connectivity index (χ1v) is 10.4. The maximum Gasteiger partial charge on any atom is 0.191 e. The molecule has 30 heavy (non-hydrogen) atoms. The van der Waals surface area contributed by atoms with E-state index in [1.807, 2.05) is 19.9 Å². The summed E-state index contributed by atoms with van der Waals surface area (Å²) in [6.07, 6.45) is 0.222. The van der Waals surface area contributed by atoms with E-state index >= 15 is 0 Å². The number of hydrogen-bond acceptors (Lipinski definition) is 4. The number of ether oxygens (including phenoxy) is 3. The van der Waals surface area contributed by atoms with Crippen molar-refractivity contribution in [3.8, 4) is 5.75 Å². The van der Waals surface area contributed by atoms with Crippen molar-refractivity contribution in [3.05, 3.63) is 64.7 Å². The van der Waals surface area contributed by atoms with Crippen molar-refractivity contribution in [2.45, 2.75) is 46.6 Å². The number of methoxy groups -OCH3 is 1.